The van der Waals surface area contributed by atoms with Crippen molar-refractivity contribution in [3.05, 3.63) is 88.5 Å². The second-order valence-electron chi connectivity index (χ2n) is 6.87. The Labute approximate surface area is 173 Å². The van der Waals surface area contributed by atoms with Crippen LogP contribution in [-0.2, 0) is 9.53 Å². The van der Waals surface area contributed by atoms with Gasteiger partial charge in [0.15, 0.2) is 5.78 Å². The third kappa shape index (κ3) is 4.46. The largest absolute Gasteiger partial charge is 0.443 e. The predicted octanol–water partition coefficient (Wildman–Crippen LogP) is 4.51. The number of ether oxygens (including phenoxy) is 1. The Balaban J connectivity index is 1.89. The van der Waals surface area contributed by atoms with Crippen LogP contribution in [-0.4, -0.2) is 22.6 Å². The summed E-state index contributed by atoms with van der Waals surface area (Å²) in [6, 6.07) is 13.8. The molecule has 30 heavy (non-hydrogen) atoms. The van der Waals surface area contributed by atoms with Crippen molar-refractivity contribution in [2.24, 2.45) is 0 Å². The number of nitrogens with one attached hydrogen (secondary N) is 2. The van der Waals surface area contributed by atoms with Crippen molar-refractivity contribution in [1.29, 1.82) is 0 Å². The number of hydrogen-bond acceptors (Lipinski definition) is 4. The highest BCUT2D eigenvalue weighted by Gasteiger charge is 2.28. The van der Waals surface area contributed by atoms with E-state index in [2.05, 4.69) is 10.3 Å². The maximum atomic E-state index is 13.1. The smallest absolute Gasteiger partial charge is 0.356 e. The number of halogens is 1. The highest BCUT2D eigenvalue weighted by Crippen LogP contribution is 2.25. The van der Waals surface area contributed by atoms with E-state index in [1.165, 1.54) is 31.2 Å². The summed E-state index contributed by atoms with van der Waals surface area (Å²) < 4.78 is 18.7. The molecule has 7 heteroatoms. The molecule has 1 amide bonds. The number of ketones is 1. The third-order valence-electron chi connectivity index (χ3n) is 4.67. The van der Waals surface area contributed by atoms with Gasteiger partial charge in [-0.15, -0.1) is 0 Å². The Morgan fingerprint density at radius 3 is 2.20 bits per heavy atom. The molecule has 0 aliphatic carbocycles. The molecule has 0 aliphatic rings. The van der Waals surface area contributed by atoms with E-state index in [4.69, 9.17) is 4.74 Å². The molecule has 3 aromatic rings. The normalized spacial score (nSPS) is 11.6. The van der Waals surface area contributed by atoms with Gasteiger partial charge >= 0.3 is 5.97 Å². The average molecular weight is 408 g/mol. The SMILES string of the molecule is CC(=O)c1c(C)[nH]c(C(=O)O[C@@H](C(=O)Nc2ccc(F)cc2)c2ccccc2)c1C. The lowest BCUT2D eigenvalue weighted by atomic mass is 10.1. The first-order valence-corrected chi connectivity index (χ1v) is 9.30. The molecule has 0 saturated heterocycles. The Hall–Kier alpha value is -3.74. The number of rotatable bonds is 6. The molecule has 0 saturated carbocycles. The Morgan fingerprint density at radius 2 is 1.63 bits per heavy atom. The molecule has 0 spiro atoms. The van der Waals surface area contributed by atoms with Gasteiger partial charge in [0.2, 0.25) is 6.10 Å². The highest BCUT2D eigenvalue weighted by atomic mass is 19.1. The van der Waals surface area contributed by atoms with Crippen LogP contribution >= 0.6 is 0 Å². The molecule has 2 aromatic carbocycles. The first-order chi connectivity index (χ1) is 14.3. The third-order valence-corrected chi connectivity index (χ3v) is 4.67. The van der Waals surface area contributed by atoms with Gasteiger partial charge in [0.1, 0.15) is 11.5 Å². The quantitative estimate of drug-likeness (QED) is 0.464. The van der Waals surface area contributed by atoms with E-state index < -0.39 is 23.8 Å². The summed E-state index contributed by atoms with van der Waals surface area (Å²) in [5.74, 6) is -1.95. The van der Waals surface area contributed by atoms with Crippen LogP contribution in [0.2, 0.25) is 0 Å². The number of hydrogen-bond donors (Lipinski definition) is 2. The molecule has 3 rings (SSSR count). The summed E-state index contributed by atoms with van der Waals surface area (Å²) in [5.41, 5.74) is 2.40. The number of esters is 1. The van der Waals surface area contributed by atoms with Crippen molar-refractivity contribution >= 4 is 23.3 Å². The number of amides is 1. The minimum absolute atomic E-state index is 0.119. The second kappa shape index (κ2) is 8.73. The van der Waals surface area contributed by atoms with Gasteiger partial charge in [-0.2, -0.15) is 0 Å². The number of benzene rings is 2. The van der Waals surface area contributed by atoms with E-state index in [1.54, 1.807) is 44.2 Å². The average Bonchev–Trinajstić information content (AvgIpc) is 3.02. The molecule has 2 N–H and O–H groups in total. The zero-order chi connectivity index (χ0) is 21.8. The van der Waals surface area contributed by atoms with E-state index in [9.17, 15) is 18.8 Å². The molecule has 0 radical (unpaired) electrons. The van der Waals surface area contributed by atoms with Crippen molar-refractivity contribution < 1.29 is 23.5 Å². The Bertz CT molecular complexity index is 1090. The molecular formula is C23H21FN2O4. The van der Waals surface area contributed by atoms with Crippen LogP contribution < -0.4 is 5.32 Å². The number of anilines is 1. The van der Waals surface area contributed by atoms with Gasteiger partial charge in [-0.1, -0.05) is 30.3 Å². The minimum Gasteiger partial charge on any atom is -0.443 e. The van der Waals surface area contributed by atoms with Gasteiger partial charge in [-0.25, -0.2) is 9.18 Å². The molecular weight excluding hydrogens is 387 g/mol. The number of aromatic nitrogens is 1. The zero-order valence-electron chi connectivity index (χ0n) is 16.8. The van der Waals surface area contributed by atoms with Crippen molar-refractivity contribution in [1.82, 2.24) is 4.98 Å². The van der Waals surface area contributed by atoms with Crippen LogP contribution in [0.15, 0.2) is 54.6 Å². The molecule has 154 valence electrons. The Kier molecular flexibility index (Phi) is 6.11. The standard InChI is InChI=1S/C23H21FN2O4/c1-13-19(15(3)27)14(2)25-20(13)23(29)30-21(16-7-5-4-6-8-16)22(28)26-18-11-9-17(24)10-12-18/h4-12,21,25H,1-3H3,(H,26,28)/t21-/m1/s1. The number of carbonyl (C=O) groups is 3. The number of carbonyl (C=O) groups excluding carboxylic acids is 3. The fourth-order valence-corrected chi connectivity index (χ4v) is 3.29. The molecule has 0 bridgehead atoms. The molecule has 0 unspecified atom stereocenters. The van der Waals surface area contributed by atoms with Crippen LogP contribution in [0.5, 0.6) is 0 Å². The highest BCUT2D eigenvalue weighted by molar-refractivity contribution is 6.02. The van der Waals surface area contributed by atoms with Crippen molar-refractivity contribution in [3.63, 3.8) is 0 Å². The minimum atomic E-state index is -1.24. The van der Waals surface area contributed by atoms with Crippen LogP contribution in [0.3, 0.4) is 0 Å². The van der Waals surface area contributed by atoms with Crippen LogP contribution in [0.25, 0.3) is 0 Å². The van der Waals surface area contributed by atoms with Crippen LogP contribution in [0.1, 0.15) is 50.7 Å². The van der Waals surface area contributed by atoms with Gasteiger partial charge in [0, 0.05) is 22.5 Å². The summed E-state index contributed by atoms with van der Waals surface area (Å²) in [4.78, 5) is 40.4. The second-order valence-corrected chi connectivity index (χ2v) is 6.87. The van der Waals surface area contributed by atoms with Crippen LogP contribution in [0.4, 0.5) is 10.1 Å². The van der Waals surface area contributed by atoms with Crippen molar-refractivity contribution in [3.8, 4) is 0 Å². The zero-order valence-corrected chi connectivity index (χ0v) is 16.8. The first kappa shape index (κ1) is 21.0. The van der Waals surface area contributed by atoms with Gasteiger partial charge in [0.05, 0.1) is 0 Å². The monoisotopic (exact) mass is 408 g/mol. The molecule has 0 fully saturated rings. The van der Waals surface area contributed by atoms with Crippen molar-refractivity contribution in [2.75, 3.05) is 5.32 Å². The van der Waals surface area contributed by atoms with E-state index in [-0.39, 0.29) is 11.5 Å². The van der Waals surface area contributed by atoms with E-state index >= 15 is 0 Å². The molecule has 6 nitrogen and oxygen atoms in total. The van der Waals surface area contributed by atoms with Crippen LogP contribution in [0, 0.1) is 19.7 Å². The maximum Gasteiger partial charge on any atom is 0.356 e. The van der Waals surface area contributed by atoms with E-state index in [0.29, 0.717) is 28.1 Å². The molecule has 1 aromatic heterocycles. The molecule has 0 aliphatic heterocycles. The topological polar surface area (TPSA) is 88.3 Å². The summed E-state index contributed by atoms with van der Waals surface area (Å²) in [6.45, 7) is 4.75. The number of H-pyrrole nitrogens is 1. The van der Waals surface area contributed by atoms with Gasteiger partial charge < -0.3 is 15.0 Å². The fraction of sp³-hybridized carbons (Fsp3) is 0.174. The van der Waals surface area contributed by atoms with Gasteiger partial charge in [0.25, 0.3) is 5.91 Å². The van der Waals surface area contributed by atoms with E-state index in [0.717, 1.165) is 0 Å². The van der Waals surface area contributed by atoms with Gasteiger partial charge in [-0.05, 0) is 50.6 Å². The molecule has 1 atom stereocenters. The fourth-order valence-electron chi connectivity index (χ4n) is 3.29. The lowest BCUT2D eigenvalue weighted by molar-refractivity contribution is -0.125. The number of aromatic amines is 1. The molecule has 1 heterocycles. The lowest BCUT2D eigenvalue weighted by Crippen LogP contribution is -2.26. The first-order valence-electron chi connectivity index (χ1n) is 9.30. The summed E-state index contributed by atoms with van der Waals surface area (Å²) in [5, 5.41) is 2.63. The summed E-state index contributed by atoms with van der Waals surface area (Å²) in [6.07, 6.45) is -1.24. The van der Waals surface area contributed by atoms with Crippen molar-refractivity contribution in [2.45, 2.75) is 26.9 Å². The lowest BCUT2D eigenvalue weighted by Gasteiger charge is -2.18. The maximum absolute atomic E-state index is 13.1. The number of aryl methyl sites for hydroxylation is 1. The Morgan fingerprint density at radius 1 is 1.00 bits per heavy atom. The summed E-state index contributed by atoms with van der Waals surface area (Å²) in [7, 11) is 0. The number of Topliss-reactive ketones (excluding diaryl/α,β-unsaturated/α-hetero) is 1. The van der Waals surface area contributed by atoms with E-state index in [1.807, 2.05) is 0 Å². The van der Waals surface area contributed by atoms with Gasteiger partial charge in [-0.3, -0.25) is 9.59 Å². The predicted molar refractivity (Wildman–Crippen MR) is 110 cm³/mol. The summed E-state index contributed by atoms with van der Waals surface area (Å²) >= 11 is 0.